The van der Waals surface area contributed by atoms with Crippen molar-refractivity contribution in [1.82, 2.24) is 0 Å². The number of aryl methyl sites for hydroxylation is 2. The Morgan fingerprint density at radius 2 is 1.77 bits per heavy atom. The predicted octanol–water partition coefficient (Wildman–Crippen LogP) is 2.90. The number of para-hydroxylation sites is 1. The van der Waals surface area contributed by atoms with Crippen LogP contribution in [0.4, 0.5) is 5.69 Å². The van der Waals surface area contributed by atoms with E-state index in [9.17, 15) is 14.7 Å². The quantitative estimate of drug-likeness (QED) is 0.867. The molecule has 2 aromatic carbocycles. The average Bonchev–Trinajstić information content (AvgIpc) is 2.81. The summed E-state index contributed by atoms with van der Waals surface area (Å²) >= 11 is 0. The number of amides is 1. The zero-order chi connectivity index (χ0) is 18.9. The van der Waals surface area contributed by atoms with E-state index in [4.69, 9.17) is 4.74 Å². The van der Waals surface area contributed by atoms with Crippen LogP contribution < -0.4 is 9.64 Å². The lowest BCUT2D eigenvalue weighted by Gasteiger charge is -2.22. The van der Waals surface area contributed by atoms with Gasteiger partial charge in [0.2, 0.25) is 0 Å². The van der Waals surface area contributed by atoms with Gasteiger partial charge in [-0.05, 0) is 44.0 Å². The van der Waals surface area contributed by atoms with Crippen molar-refractivity contribution in [2.45, 2.75) is 32.8 Å². The maximum absolute atomic E-state index is 13.0. The molecule has 136 valence electrons. The van der Waals surface area contributed by atoms with Crippen LogP contribution in [0, 0.1) is 13.8 Å². The van der Waals surface area contributed by atoms with Crippen LogP contribution in [-0.4, -0.2) is 29.9 Å². The third-order valence-electron chi connectivity index (χ3n) is 4.70. The molecule has 0 radical (unpaired) electrons. The second kappa shape index (κ2) is 6.92. The van der Waals surface area contributed by atoms with Gasteiger partial charge < -0.3 is 14.7 Å². The predicted molar refractivity (Wildman–Crippen MR) is 99.4 cm³/mol. The molecule has 5 nitrogen and oxygen atoms in total. The van der Waals surface area contributed by atoms with E-state index in [0.29, 0.717) is 24.4 Å². The minimum Gasteiger partial charge on any atom is -0.492 e. The second-order valence-electron chi connectivity index (χ2n) is 6.78. The molecule has 26 heavy (non-hydrogen) atoms. The van der Waals surface area contributed by atoms with Crippen molar-refractivity contribution in [3.05, 3.63) is 59.2 Å². The fourth-order valence-electron chi connectivity index (χ4n) is 3.61. The van der Waals surface area contributed by atoms with Gasteiger partial charge in [0.15, 0.2) is 5.60 Å². The van der Waals surface area contributed by atoms with Crippen LogP contribution in [0.15, 0.2) is 42.5 Å². The highest BCUT2D eigenvalue weighted by atomic mass is 16.5. The molecule has 1 atom stereocenters. The molecule has 0 saturated heterocycles. The lowest BCUT2D eigenvalue weighted by molar-refractivity contribution is -0.141. The van der Waals surface area contributed by atoms with Crippen molar-refractivity contribution in [2.24, 2.45) is 0 Å². The van der Waals surface area contributed by atoms with E-state index in [1.54, 1.807) is 4.90 Å². The van der Waals surface area contributed by atoms with Gasteiger partial charge >= 0.3 is 0 Å². The van der Waals surface area contributed by atoms with Crippen molar-refractivity contribution < 1.29 is 19.4 Å². The van der Waals surface area contributed by atoms with Gasteiger partial charge in [-0.15, -0.1) is 0 Å². The highest BCUT2D eigenvalue weighted by Gasteiger charge is 2.51. The molecule has 0 bridgehead atoms. The van der Waals surface area contributed by atoms with Crippen LogP contribution in [0.1, 0.15) is 30.0 Å². The monoisotopic (exact) mass is 353 g/mol. The third kappa shape index (κ3) is 3.10. The number of benzene rings is 2. The molecule has 1 heterocycles. The van der Waals surface area contributed by atoms with Gasteiger partial charge in [-0.25, -0.2) is 0 Å². The zero-order valence-electron chi connectivity index (χ0n) is 15.3. The Balaban J connectivity index is 1.91. The van der Waals surface area contributed by atoms with Gasteiger partial charge in [0, 0.05) is 12.0 Å². The number of nitrogens with zero attached hydrogens (tertiary/aromatic N) is 1. The molecule has 0 saturated carbocycles. The molecular weight excluding hydrogens is 330 g/mol. The van der Waals surface area contributed by atoms with Crippen LogP contribution in [0.2, 0.25) is 0 Å². The molecule has 3 rings (SSSR count). The van der Waals surface area contributed by atoms with Gasteiger partial charge in [-0.1, -0.05) is 30.3 Å². The van der Waals surface area contributed by atoms with Crippen LogP contribution in [0.25, 0.3) is 0 Å². The maximum atomic E-state index is 13.0. The normalized spacial score (nSPS) is 18.8. The number of ether oxygens (including phenoxy) is 1. The lowest BCUT2D eigenvalue weighted by atomic mass is 9.86. The van der Waals surface area contributed by atoms with E-state index in [0.717, 1.165) is 16.9 Å². The number of aliphatic hydroxyl groups is 1. The Kier molecular flexibility index (Phi) is 4.83. The summed E-state index contributed by atoms with van der Waals surface area (Å²) in [5.74, 6) is 0.0335. The summed E-state index contributed by atoms with van der Waals surface area (Å²) in [5, 5.41) is 11.1. The van der Waals surface area contributed by atoms with Gasteiger partial charge in [-0.2, -0.15) is 0 Å². The highest BCUT2D eigenvalue weighted by molar-refractivity contribution is 6.09. The van der Waals surface area contributed by atoms with E-state index < -0.39 is 11.5 Å². The van der Waals surface area contributed by atoms with E-state index in [2.05, 4.69) is 0 Å². The molecule has 5 heteroatoms. The van der Waals surface area contributed by atoms with Crippen molar-refractivity contribution in [2.75, 3.05) is 18.1 Å². The number of hydrogen-bond donors (Lipinski definition) is 1. The largest absolute Gasteiger partial charge is 0.492 e. The van der Waals surface area contributed by atoms with Gasteiger partial charge in [0.25, 0.3) is 5.91 Å². The number of rotatable bonds is 6. The van der Waals surface area contributed by atoms with Gasteiger partial charge in [-0.3, -0.25) is 9.59 Å². The van der Waals surface area contributed by atoms with E-state index in [1.165, 1.54) is 6.92 Å². The van der Waals surface area contributed by atoms with Crippen molar-refractivity contribution in [3.63, 3.8) is 0 Å². The summed E-state index contributed by atoms with van der Waals surface area (Å²) in [4.78, 5) is 26.3. The van der Waals surface area contributed by atoms with E-state index in [1.807, 2.05) is 56.3 Å². The van der Waals surface area contributed by atoms with Crippen molar-refractivity contribution >= 4 is 17.4 Å². The first-order valence-electron chi connectivity index (χ1n) is 8.67. The maximum Gasteiger partial charge on any atom is 0.264 e. The van der Waals surface area contributed by atoms with Gasteiger partial charge in [0.05, 0.1) is 12.2 Å². The number of ketones is 1. The van der Waals surface area contributed by atoms with Crippen LogP contribution in [0.3, 0.4) is 0 Å². The molecule has 1 amide bonds. The summed E-state index contributed by atoms with van der Waals surface area (Å²) in [5.41, 5.74) is 1.12. The Bertz CT molecular complexity index is 847. The SMILES string of the molecule is CC(=O)C[C@]1(O)C(=O)N(CCOc2ccccc2)c2c(C)ccc(C)c21. The topological polar surface area (TPSA) is 66.8 Å². The zero-order valence-corrected chi connectivity index (χ0v) is 15.3. The number of anilines is 1. The van der Waals surface area contributed by atoms with Crippen LogP contribution in [-0.2, 0) is 15.2 Å². The molecule has 1 aliphatic heterocycles. The van der Waals surface area contributed by atoms with E-state index in [-0.39, 0.29) is 12.2 Å². The number of hydrogen-bond acceptors (Lipinski definition) is 4. The fraction of sp³-hybridized carbons (Fsp3) is 0.333. The first kappa shape index (κ1) is 18.1. The number of fused-ring (bicyclic) bond motifs is 1. The molecule has 2 aromatic rings. The average molecular weight is 353 g/mol. The minimum atomic E-state index is -1.80. The summed E-state index contributed by atoms with van der Waals surface area (Å²) in [6.45, 7) is 5.72. The summed E-state index contributed by atoms with van der Waals surface area (Å²) in [6.07, 6.45) is -0.223. The molecule has 0 fully saturated rings. The molecule has 0 aliphatic carbocycles. The Morgan fingerprint density at radius 3 is 2.42 bits per heavy atom. The Labute approximate surface area is 153 Å². The first-order valence-corrected chi connectivity index (χ1v) is 8.67. The number of carbonyl (C=O) groups excluding carboxylic acids is 2. The summed E-state index contributed by atoms with van der Waals surface area (Å²) in [7, 11) is 0. The summed E-state index contributed by atoms with van der Waals surface area (Å²) in [6, 6.07) is 13.2. The van der Waals surface area contributed by atoms with Crippen molar-refractivity contribution in [1.29, 1.82) is 0 Å². The molecular formula is C21H23NO4. The molecule has 0 spiro atoms. The van der Waals surface area contributed by atoms with Crippen LogP contribution >= 0.6 is 0 Å². The van der Waals surface area contributed by atoms with Gasteiger partial charge in [0.1, 0.15) is 18.1 Å². The fourth-order valence-corrected chi connectivity index (χ4v) is 3.61. The molecule has 1 aliphatic rings. The van der Waals surface area contributed by atoms with E-state index >= 15 is 0 Å². The number of carbonyl (C=O) groups is 2. The number of Topliss-reactive ketones (excluding diaryl/α,β-unsaturated/α-hetero) is 1. The Hall–Kier alpha value is -2.66. The lowest BCUT2D eigenvalue weighted by Crippen LogP contribution is -2.43. The Morgan fingerprint density at radius 1 is 1.12 bits per heavy atom. The molecule has 0 unspecified atom stereocenters. The molecule has 0 aromatic heterocycles. The smallest absolute Gasteiger partial charge is 0.264 e. The second-order valence-corrected chi connectivity index (χ2v) is 6.78. The molecule has 1 N–H and O–H groups in total. The van der Waals surface area contributed by atoms with Crippen molar-refractivity contribution in [3.8, 4) is 5.75 Å². The third-order valence-corrected chi connectivity index (χ3v) is 4.70. The minimum absolute atomic E-state index is 0.223. The first-order chi connectivity index (χ1) is 12.3. The van der Waals surface area contributed by atoms with Crippen LogP contribution in [0.5, 0.6) is 5.75 Å². The summed E-state index contributed by atoms with van der Waals surface area (Å²) < 4.78 is 5.71. The highest BCUT2D eigenvalue weighted by Crippen LogP contribution is 2.45. The standard InChI is InChI=1S/C21H23NO4/c1-14-9-10-15(2)19-18(14)21(25,13-16(3)23)20(24)22(19)11-12-26-17-7-5-4-6-8-17/h4-10,25H,11-13H2,1-3H3/t21-/m1/s1.